The molecule has 6 heteroatoms. The Morgan fingerprint density at radius 1 is 1.25 bits per heavy atom. The monoisotopic (exact) mass is 333 g/mol. The zero-order valence-electron chi connectivity index (χ0n) is 14.9. The van der Waals surface area contributed by atoms with Crippen LogP contribution in [0.1, 0.15) is 20.8 Å². The second-order valence-corrected chi connectivity index (χ2v) is 6.50. The zero-order chi connectivity index (χ0) is 17.7. The van der Waals surface area contributed by atoms with E-state index in [2.05, 4.69) is 19.2 Å². The minimum absolute atomic E-state index is 0.0192. The number of piperazine rings is 1. The maximum absolute atomic E-state index is 12.6. The molecule has 1 aliphatic rings. The number of carbonyl (C=O) groups excluding carboxylic acids is 2. The molecule has 0 aromatic heterocycles. The molecule has 1 heterocycles. The van der Waals surface area contributed by atoms with Crippen LogP contribution in [-0.2, 0) is 9.59 Å². The SMILES string of the molecule is COc1ccccc1N1CCN(C(C)C(=O)NCC(C)C)CC1=O. The van der Waals surface area contributed by atoms with Gasteiger partial charge in [-0.05, 0) is 25.0 Å². The van der Waals surface area contributed by atoms with Crippen LogP contribution in [0.4, 0.5) is 5.69 Å². The fraction of sp³-hybridized carbons (Fsp3) is 0.556. The first-order valence-corrected chi connectivity index (χ1v) is 8.39. The number of methoxy groups -OCH3 is 1. The molecule has 1 aromatic rings. The third-order valence-electron chi connectivity index (χ3n) is 4.24. The highest BCUT2D eigenvalue weighted by molar-refractivity contribution is 5.97. The van der Waals surface area contributed by atoms with E-state index in [1.807, 2.05) is 36.1 Å². The fourth-order valence-corrected chi connectivity index (χ4v) is 2.75. The number of hydrogen-bond donors (Lipinski definition) is 1. The summed E-state index contributed by atoms with van der Waals surface area (Å²) in [5.74, 6) is 1.05. The summed E-state index contributed by atoms with van der Waals surface area (Å²) in [7, 11) is 1.60. The molecule has 2 rings (SSSR count). The Labute approximate surface area is 143 Å². The minimum Gasteiger partial charge on any atom is -0.495 e. The van der Waals surface area contributed by atoms with Gasteiger partial charge in [-0.25, -0.2) is 0 Å². The lowest BCUT2D eigenvalue weighted by Gasteiger charge is -2.37. The summed E-state index contributed by atoms with van der Waals surface area (Å²) < 4.78 is 5.34. The number of anilines is 1. The first kappa shape index (κ1) is 18.3. The maximum Gasteiger partial charge on any atom is 0.241 e. The van der Waals surface area contributed by atoms with Crippen molar-refractivity contribution in [2.24, 2.45) is 5.92 Å². The van der Waals surface area contributed by atoms with Gasteiger partial charge in [-0.1, -0.05) is 26.0 Å². The van der Waals surface area contributed by atoms with Crippen LogP contribution in [0.25, 0.3) is 0 Å². The third-order valence-corrected chi connectivity index (χ3v) is 4.24. The predicted molar refractivity (Wildman–Crippen MR) is 94.2 cm³/mol. The molecule has 0 aliphatic carbocycles. The number of rotatable bonds is 6. The summed E-state index contributed by atoms with van der Waals surface area (Å²) in [6.07, 6.45) is 0. The van der Waals surface area contributed by atoms with Crippen molar-refractivity contribution in [2.45, 2.75) is 26.8 Å². The summed E-state index contributed by atoms with van der Waals surface area (Å²) in [4.78, 5) is 28.4. The van der Waals surface area contributed by atoms with Gasteiger partial charge in [-0.2, -0.15) is 0 Å². The summed E-state index contributed by atoms with van der Waals surface area (Å²) in [5.41, 5.74) is 0.779. The van der Waals surface area contributed by atoms with Gasteiger partial charge in [0.1, 0.15) is 5.75 Å². The number of benzene rings is 1. The predicted octanol–water partition coefficient (Wildman–Crippen LogP) is 1.50. The fourth-order valence-electron chi connectivity index (χ4n) is 2.75. The van der Waals surface area contributed by atoms with Gasteiger partial charge in [-0.15, -0.1) is 0 Å². The number of para-hydroxylation sites is 2. The second kappa shape index (κ2) is 8.15. The van der Waals surface area contributed by atoms with E-state index in [0.717, 1.165) is 5.69 Å². The summed E-state index contributed by atoms with van der Waals surface area (Å²) in [6, 6.07) is 7.18. The molecule has 24 heavy (non-hydrogen) atoms. The first-order valence-electron chi connectivity index (χ1n) is 8.39. The van der Waals surface area contributed by atoms with Gasteiger partial charge in [0.25, 0.3) is 0 Å². The Balaban J connectivity index is 2.00. The highest BCUT2D eigenvalue weighted by Crippen LogP contribution is 2.29. The number of nitrogens with one attached hydrogen (secondary N) is 1. The highest BCUT2D eigenvalue weighted by Gasteiger charge is 2.31. The first-order chi connectivity index (χ1) is 11.4. The molecule has 1 saturated heterocycles. The van der Waals surface area contributed by atoms with Crippen LogP contribution in [0.5, 0.6) is 5.75 Å². The minimum atomic E-state index is -0.312. The van der Waals surface area contributed by atoms with E-state index in [0.29, 0.717) is 31.3 Å². The van der Waals surface area contributed by atoms with E-state index < -0.39 is 0 Å². The lowest BCUT2D eigenvalue weighted by molar-refractivity contribution is -0.129. The molecule has 0 saturated carbocycles. The third kappa shape index (κ3) is 4.26. The molecule has 6 nitrogen and oxygen atoms in total. The molecule has 0 radical (unpaired) electrons. The standard InChI is InChI=1S/C18H27N3O3/c1-13(2)11-19-18(23)14(3)20-9-10-21(17(22)12-20)15-7-5-6-8-16(15)24-4/h5-8,13-14H,9-12H2,1-4H3,(H,19,23). The van der Waals surface area contributed by atoms with Gasteiger partial charge in [0.05, 0.1) is 25.4 Å². The number of nitrogens with zero attached hydrogens (tertiary/aromatic N) is 2. The van der Waals surface area contributed by atoms with Gasteiger partial charge in [0, 0.05) is 19.6 Å². The molecule has 1 unspecified atom stereocenters. The normalized spacial score (nSPS) is 17.0. The summed E-state index contributed by atoms with van der Waals surface area (Å²) in [5, 5.41) is 2.93. The van der Waals surface area contributed by atoms with Gasteiger partial charge in [-0.3, -0.25) is 14.5 Å². The molecular formula is C18H27N3O3. The summed E-state index contributed by atoms with van der Waals surface area (Å²) in [6.45, 7) is 8.04. The Kier molecular flexibility index (Phi) is 6.20. The quantitative estimate of drug-likeness (QED) is 0.857. The van der Waals surface area contributed by atoms with Crippen molar-refractivity contribution in [1.82, 2.24) is 10.2 Å². The van der Waals surface area contributed by atoms with Gasteiger partial charge >= 0.3 is 0 Å². The Bertz CT molecular complexity index is 589. The molecule has 2 amide bonds. The average Bonchev–Trinajstić information content (AvgIpc) is 2.58. The van der Waals surface area contributed by atoms with Crippen LogP contribution in [0.3, 0.4) is 0 Å². The van der Waals surface area contributed by atoms with Crippen LogP contribution in [0.2, 0.25) is 0 Å². The molecule has 1 aromatic carbocycles. The van der Waals surface area contributed by atoms with Gasteiger partial charge < -0.3 is 15.0 Å². The number of amides is 2. The Hall–Kier alpha value is -2.08. The summed E-state index contributed by atoms with van der Waals surface area (Å²) >= 11 is 0. The van der Waals surface area contributed by atoms with E-state index in [-0.39, 0.29) is 24.4 Å². The van der Waals surface area contributed by atoms with Gasteiger partial charge in [0.15, 0.2) is 0 Å². The van der Waals surface area contributed by atoms with Crippen LogP contribution >= 0.6 is 0 Å². The highest BCUT2D eigenvalue weighted by atomic mass is 16.5. The molecule has 132 valence electrons. The van der Waals surface area contributed by atoms with E-state index in [1.54, 1.807) is 12.0 Å². The van der Waals surface area contributed by atoms with Crippen molar-refractivity contribution in [3.63, 3.8) is 0 Å². The molecular weight excluding hydrogens is 306 g/mol. The molecule has 0 bridgehead atoms. The van der Waals surface area contributed by atoms with E-state index in [9.17, 15) is 9.59 Å². The van der Waals surface area contributed by atoms with Crippen molar-refractivity contribution in [2.75, 3.05) is 38.2 Å². The largest absolute Gasteiger partial charge is 0.495 e. The molecule has 1 atom stereocenters. The van der Waals surface area contributed by atoms with Crippen molar-refractivity contribution in [3.05, 3.63) is 24.3 Å². The van der Waals surface area contributed by atoms with E-state index in [4.69, 9.17) is 4.74 Å². The smallest absolute Gasteiger partial charge is 0.241 e. The van der Waals surface area contributed by atoms with Gasteiger partial charge in [0.2, 0.25) is 11.8 Å². The number of carbonyl (C=O) groups is 2. The van der Waals surface area contributed by atoms with Crippen LogP contribution in [0, 0.1) is 5.92 Å². The maximum atomic E-state index is 12.6. The average molecular weight is 333 g/mol. The molecule has 0 spiro atoms. The zero-order valence-corrected chi connectivity index (χ0v) is 14.9. The van der Waals surface area contributed by atoms with Crippen LogP contribution < -0.4 is 15.0 Å². The topological polar surface area (TPSA) is 61.9 Å². The van der Waals surface area contributed by atoms with Crippen LogP contribution in [-0.4, -0.2) is 56.0 Å². The van der Waals surface area contributed by atoms with Crippen LogP contribution in [0.15, 0.2) is 24.3 Å². The molecule has 1 fully saturated rings. The molecule has 1 aliphatic heterocycles. The van der Waals surface area contributed by atoms with E-state index in [1.165, 1.54) is 0 Å². The Morgan fingerprint density at radius 3 is 2.58 bits per heavy atom. The number of hydrogen-bond acceptors (Lipinski definition) is 4. The number of ether oxygens (including phenoxy) is 1. The Morgan fingerprint density at radius 2 is 1.96 bits per heavy atom. The lowest BCUT2D eigenvalue weighted by atomic mass is 10.1. The van der Waals surface area contributed by atoms with Crippen molar-refractivity contribution < 1.29 is 14.3 Å². The lowest BCUT2D eigenvalue weighted by Crippen LogP contribution is -2.56. The second-order valence-electron chi connectivity index (χ2n) is 6.50. The molecule has 1 N–H and O–H groups in total. The van der Waals surface area contributed by atoms with E-state index >= 15 is 0 Å². The van der Waals surface area contributed by atoms with Crippen molar-refractivity contribution in [1.29, 1.82) is 0 Å². The van der Waals surface area contributed by atoms with Crippen molar-refractivity contribution >= 4 is 17.5 Å². The van der Waals surface area contributed by atoms with Crippen molar-refractivity contribution in [3.8, 4) is 5.75 Å².